The largest absolute Gasteiger partial charge is 4.00 e. The molecule has 0 N–H and O–H groups in total. The van der Waals surface area contributed by atoms with Crippen LogP contribution in [0.3, 0.4) is 0 Å². The maximum atomic E-state index is 7.75. The zero-order valence-corrected chi connectivity index (χ0v) is 6.05. The second-order valence-electron chi connectivity index (χ2n) is 0. The zero-order valence-electron chi connectivity index (χ0n) is 4.31. The zero-order chi connectivity index (χ0) is 6.00. The van der Waals surface area contributed by atoms with E-state index in [4.69, 9.17) is 14.4 Å². The minimum atomic E-state index is 0. The van der Waals surface area contributed by atoms with E-state index in [1.54, 1.807) is 0 Å². The van der Waals surface area contributed by atoms with E-state index in [1.165, 1.54) is 0 Å². The van der Waals surface area contributed by atoms with Crippen LogP contribution in [0.15, 0.2) is 0 Å². The van der Waals surface area contributed by atoms with Crippen LogP contribution in [0.25, 0.3) is 0 Å². The van der Waals surface area contributed by atoms with Crippen molar-refractivity contribution in [2.45, 2.75) is 0 Å². The summed E-state index contributed by atoms with van der Waals surface area (Å²) in [5.74, 6) is 0. The third-order valence-corrected chi connectivity index (χ3v) is 0. The Hall–Kier alpha value is -0.367. The minimum absolute atomic E-state index is 0. The summed E-state index contributed by atoms with van der Waals surface area (Å²) in [4.78, 5) is 23.2. The summed E-state index contributed by atoms with van der Waals surface area (Å²) >= 11 is 0. The van der Waals surface area contributed by atoms with Crippen LogP contribution in [-0.2, 0) is 33.9 Å². The van der Waals surface area contributed by atoms with E-state index in [0.29, 0.717) is 0 Å². The maximum absolute atomic E-state index is 7.75. The quantitative estimate of drug-likeness (QED) is 0.306. The molecule has 0 spiro atoms. The Balaban J connectivity index is -0.00000000500. The smallest absolute Gasteiger partial charge is 0.545 e. The first-order valence-electron chi connectivity index (χ1n) is 0.707. The standard InChI is InChI=1S/3CHO.CH3.Ru/c3*1-2;;/h3*1H;1H3;/q4*-1;+4. The first-order valence-corrected chi connectivity index (χ1v) is 0.707. The van der Waals surface area contributed by atoms with Gasteiger partial charge in [0, 0.05) is 0 Å². The molecule has 0 aromatic rings. The molecule has 4 heteroatoms. The van der Waals surface area contributed by atoms with Crippen LogP contribution in [0.5, 0.6) is 0 Å². The summed E-state index contributed by atoms with van der Waals surface area (Å²) < 4.78 is 0. The summed E-state index contributed by atoms with van der Waals surface area (Å²) in [6.07, 6.45) is 0. The monoisotopic (exact) mass is 204 g/mol. The van der Waals surface area contributed by atoms with Gasteiger partial charge < -0.3 is 21.8 Å². The summed E-state index contributed by atoms with van der Waals surface area (Å²) in [7, 11) is 0. The van der Waals surface area contributed by atoms with Crippen molar-refractivity contribution < 1.29 is 33.9 Å². The topological polar surface area (TPSA) is 51.2 Å². The average Bonchev–Trinajstić information content (AvgIpc) is 1.81. The predicted octanol–water partition coefficient (Wildman–Crippen LogP) is -0.375. The summed E-state index contributed by atoms with van der Waals surface area (Å²) in [6.45, 7) is 9.75. The molecule has 0 bridgehead atoms. The number of carbonyl (C=O) groups excluding carboxylic acids is 3. The Bertz CT molecular complexity index is 16.0. The van der Waals surface area contributed by atoms with Gasteiger partial charge in [-0.3, -0.25) is 20.4 Å². The molecule has 0 amide bonds. The van der Waals surface area contributed by atoms with Crippen LogP contribution in [0.2, 0.25) is 0 Å². The first kappa shape index (κ1) is 48.4. The van der Waals surface area contributed by atoms with E-state index in [0.717, 1.165) is 0 Å². The Labute approximate surface area is 62.2 Å². The van der Waals surface area contributed by atoms with Crippen LogP contribution in [-0.4, -0.2) is 20.4 Å². The molecule has 0 fully saturated rings. The second-order valence-corrected chi connectivity index (χ2v) is 0. The van der Waals surface area contributed by atoms with E-state index in [2.05, 4.69) is 20.4 Å². The van der Waals surface area contributed by atoms with Crippen molar-refractivity contribution in [3.05, 3.63) is 7.43 Å². The molecular weight excluding hydrogens is 197 g/mol. The van der Waals surface area contributed by atoms with Crippen LogP contribution in [0.4, 0.5) is 0 Å². The third kappa shape index (κ3) is 900. The van der Waals surface area contributed by atoms with Crippen molar-refractivity contribution in [2.24, 2.45) is 0 Å². The Morgan fingerprint density at radius 3 is 0.625 bits per heavy atom. The normalized spacial score (nSPS) is 1.50. The molecule has 0 aromatic carbocycles. The van der Waals surface area contributed by atoms with Gasteiger partial charge in [-0.05, 0) is 0 Å². The van der Waals surface area contributed by atoms with E-state index in [-0.39, 0.29) is 26.9 Å². The van der Waals surface area contributed by atoms with Crippen molar-refractivity contribution >= 4 is 20.4 Å². The first-order chi connectivity index (χ1) is 3.00. The number of hydrogen-bond acceptors (Lipinski definition) is 3. The SMILES string of the molecule is [CH-]=O.[CH-]=O.[CH-]=O.[CH3-].[Ru+4]. The molecule has 0 atom stereocenters. The molecule has 0 heterocycles. The molecule has 0 aliphatic heterocycles. The van der Waals surface area contributed by atoms with E-state index >= 15 is 0 Å². The van der Waals surface area contributed by atoms with E-state index in [1.807, 2.05) is 0 Å². The van der Waals surface area contributed by atoms with Crippen molar-refractivity contribution in [2.75, 3.05) is 0 Å². The molecule has 3 nitrogen and oxygen atoms in total. The van der Waals surface area contributed by atoms with Crippen LogP contribution >= 0.6 is 0 Å². The molecule has 0 unspecified atom stereocenters. The van der Waals surface area contributed by atoms with Crippen LogP contribution < -0.4 is 0 Å². The fourth-order valence-corrected chi connectivity index (χ4v) is 0. The van der Waals surface area contributed by atoms with Crippen molar-refractivity contribution in [1.29, 1.82) is 0 Å². The summed E-state index contributed by atoms with van der Waals surface area (Å²) in [5, 5.41) is 0. The number of hydrogen-bond donors (Lipinski definition) is 0. The van der Waals surface area contributed by atoms with E-state index in [9.17, 15) is 0 Å². The average molecular weight is 203 g/mol. The van der Waals surface area contributed by atoms with Gasteiger partial charge >= 0.3 is 19.5 Å². The third-order valence-electron chi connectivity index (χ3n) is 0. The van der Waals surface area contributed by atoms with Crippen molar-refractivity contribution in [1.82, 2.24) is 0 Å². The molecule has 48 valence electrons. The van der Waals surface area contributed by atoms with Crippen molar-refractivity contribution in [3.63, 3.8) is 0 Å². The van der Waals surface area contributed by atoms with Gasteiger partial charge in [0.05, 0.1) is 0 Å². The van der Waals surface area contributed by atoms with Crippen molar-refractivity contribution in [3.8, 4) is 0 Å². The molecule has 0 aliphatic carbocycles. The Morgan fingerprint density at radius 2 is 0.625 bits per heavy atom. The van der Waals surface area contributed by atoms with Crippen LogP contribution in [0, 0.1) is 7.43 Å². The Kier molecular flexibility index (Phi) is 9480. The van der Waals surface area contributed by atoms with Gasteiger partial charge in [0.2, 0.25) is 0 Å². The predicted molar refractivity (Wildman–Crippen MR) is 26.7 cm³/mol. The number of rotatable bonds is 0. The summed E-state index contributed by atoms with van der Waals surface area (Å²) in [5.41, 5.74) is 0. The van der Waals surface area contributed by atoms with E-state index < -0.39 is 0 Å². The molecule has 0 saturated carbocycles. The molecular formula is C4H6O3Ru. The molecule has 0 aliphatic rings. The molecule has 0 radical (unpaired) electrons. The molecule has 0 rings (SSSR count). The van der Waals surface area contributed by atoms with Gasteiger partial charge in [-0.15, -0.1) is 0 Å². The van der Waals surface area contributed by atoms with Crippen LogP contribution in [0.1, 0.15) is 0 Å². The fourth-order valence-electron chi connectivity index (χ4n) is 0. The minimum Gasteiger partial charge on any atom is -0.545 e. The Morgan fingerprint density at radius 1 is 0.625 bits per heavy atom. The second kappa shape index (κ2) is 1570. The molecule has 0 aromatic heterocycles. The van der Waals surface area contributed by atoms with Gasteiger partial charge in [0.25, 0.3) is 0 Å². The van der Waals surface area contributed by atoms with Gasteiger partial charge in [0.15, 0.2) is 0 Å². The van der Waals surface area contributed by atoms with Gasteiger partial charge in [-0.1, -0.05) is 0 Å². The summed E-state index contributed by atoms with van der Waals surface area (Å²) in [6, 6.07) is 0. The van der Waals surface area contributed by atoms with Gasteiger partial charge in [-0.25, -0.2) is 0 Å². The van der Waals surface area contributed by atoms with Gasteiger partial charge in [0.1, 0.15) is 0 Å². The fraction of sp³-hybridized carbons (Fsp3) is 0. The molecule has 0 saturated heterocycles. The molecule has 8 heavy (non-hydrogen) atoms. The van der Waals surface area contributed by atoms with Gasteiger partial charge in [-0.2, -0.15) is 0 Å². The maximum Gasteiger partial charge on any atom is 4.00 e.